The van der Waals surface area contributed by atoms with Crippen molar-refractivity contribution in [3.8, 4) is 5.75 Å². The Labute approximate surface area is 267 Å². The molecule has 0 fully saturated rings. The Hall–Kier alpha value is -3.51. The molecule has 3 aromatic rings. The number of rotatable bonds is 9. The summed E-state index contributed by atoms with van der Waals surface area (Å²) in [5, 5.41) is 10.2. The van der Waals surface area contributed by atoms with Crippen molar-refractivity contribution in [1.29, 1.82) is 0 Å². The smallest absolute Gasteiger partial charge is 0.261 e. The molecule has 0 unspecified atom stereocenters. The molecule has 244 valence electrons. The van der Waals surface area contributed by atoms with Gasteiger partial charge in [0.05, 0.1) is 35.3 Å². The number of ether oxygens (including phenoxy) is 2. The van der Waals surface area contributed by atoms with E-state index >= 15 is 0 Å². The average Bonchev–Trinajstić information content (AvgIpc) is 3.03. The van der Waals surface area contributed by atoms with Crippen LogP contribution in [0.3, 0.4) is 0 Å². The third-order valence-corrected chi connectivity index (χ3v) is 9.45. The molecule has 1 aliphatic rings. The molecule has 1 aliphatic heterocycles. The molecular weight excluding hydrogens is 592 g/mol. The first-order valence-electron chi connectivity index (χ1n) is 15.6. The van der Waals surface area contributed by atoms with Gasteiger partial charge >= 0.3 is 0 Å². The lowest BCUT2D eigenvalue weighted by atomic mass is 10.0. The molecule has 2 heterocycles. The standard InChI is InChI=1S/C34H46N4O6S/c1-25-21-38(26(2)24-39)34(40)31-20-29(36-45(41,42)30-11-6-5-7-12-30)13-14-32(31)44-27(3)10-8-9-19-43-33(25)23-37(4)22-28-15-17-35-18-16-28/h5-7,11-18,20,25-27,33,36,39H,8-10,19,21-24H2,1-4H3/t25-,26+,27-,33+/m1/s1. The molecule has 10 nitrogen and oxygen atoms in total. The largest absolute Gasteiger partial charge is 0.490 e. The number of amides is 1. The third-order valence-electron chi connectivity index (χ3n) is 8.05. The molecule has 0 radical (unpaired) electrons. The summed E-state index contributed by atoms with van der Waals surface area (Å²) in [6.45, 7) is 7.88. The minimum absolute atomic E-state index is 0.0751. The van der Waals surface area contributed by atoms with Gasteiger partial charge in [0.15, 0.2) is 0 Å². The van der Waals surface area contributed by atoms with E-state index in [1.165, 1.54) is 18.2 Å². The molecule has 0 saturated carbocycles. The summed E-state index contributed by atoms with van der Waals surface area (Å²) in [6, 6.07) is 16.3. The van der Waals surface area contributed by atoms with Gasteiger partial charge in [0.2, 0.25) is 0 Å². The van der Waals surface area contributed by atoms with E-state index in [1.54, 1.807) is 54.5 Å². The van der Waals surface area contributed by atoms with Crippen LogP contribution >= 0.6 is 0 Å². The second-order valence-electron chi connectivity index (χ2n) is 12.0. The van der Waals surface area contributed by atoms with Gasteiger partial charge in [-0.1, -0.05) is 25.1 Å². The summed E-state index contributed by atoms with van der Waals surface area (Å²) in [5.74, 6) is -0.0546. The Bertz CT molecular complexity index is 1470. The number of benzene rings is 2. The van der Waals surface area contributed by atoms with Crippen LogP contribution in [0.4, 0.5) is 5.69 Å². The van der Waals surface area contributed by atoms with Crippen molar-refractivity contribution in [2.24, 2.45) is 5.92 Å². The molecule has 0 saturated heterocycles. The molecule has 2 N–H and O–H groups in total. The highest BCUT2D eigenvalue weighted by Crippen LogP contribution is 2.29. The third kappa shape index (κ3) is 9.74. The molecule has 4 atom stereocenters. The number of pyridine rings is 1. The number of aliphatic hydroxyl groups is 1. The van der Waals surface area contributed by atoms with E-state index in [9.17, 15) is 18.3 Å². The van der Waals surface area contributed by atoms with Crippen LogP contribution in [0.15, 0.2) is 78.0 Å². The molecule has 1 amide bonds. The van der Waals surface area contributed by atoms with Gasteiger partial charge in [-0.25, -0.2) is 8.42 Å². The van der Waals surface area contributed by atoms with Crippen molar-refractivity contribution >= 4 is 21.6 Å². The highest BCUT2D eigenvalue weighted by molar-refractivity contribution is 7.92. The van der Waals surface area contributed by atoms with E-state index in [0.29, 0.717) is 25.4 Å². The van der Waals surface area contributed by atoms with E-state index in [0.717, 1.165) is 31.4 Å². The van der Waals surface area contributed by atoms with Gasteiger partial charge in [-0.05, 0) is 88.2 Å². The van der Waals surface area contributed by atoms with Crippen LogP contribution in [0, 0.1) is 5.92 Å². The molecule has 0 bridgehead atoms. The van der Waals surface area contributed by atoms with Crippen LogP contribution in [0.5, 0.6) is 5.75 Å². The Balaban J connectivity index is 1.64. The van der Waals surface area contributed by atoms with Crippen LogP contribution in [0.1, 0.15) is 56.0 Å². The van der Waals surface area contributed by atoms with Crippen LogP contribution in [0.25, 0.3) is 0 Å². The van der Waals surface area contributed by atoms with Gasteiger partial charge in [-0.15, -0.1) is 0 Å². The fraction of sp³-hybridized carbons (Fsp3) is 0.471. The normalized spacial score (nSPS) is 21.0. The van der Waals surface area contributed by atoms with Gasteiger partial charge in [-0.3, -0.25) is 19.4 Å². The van der Waals surface area contributed by atoms with Crippen molar-refractivity contribution in [2.75, 3.05) is 38.1 Å². The maximum Gasteiger partial charge on any atom is 0.261 e. The highest BCUT2D eigenvalue weighted by Gasteiger charge is 2.30. The number of aliphatic hydroxyl groups excluding tert-OH is 1. The summed E-state index contributed by atoms with van der Waals surface area (Å²) >= 11 is 0. The van der Waals surface area contributed by atoms with Crippen molar-refractivity contribution < 1.29 is 27.8 Å². The molecule has 11 heteroatoms. The Kier molecular flexibility index (Phi) is 12.3. The fourth-order valence-electron chi connectivity index (χ4n) is 5.43. The number of nitrogens with zero attached hydrogens (tertiary/aromatic N) is 3. The van der Waals surface area contributed by atoms with Gasteiger partial charge in [0.25, 0.3) is 15.9 Å². The van der Waals surface area contributed by atoms with Crippen molar-refractivity contribution in [1.82, 2.24) is 14.8 Å². The number of fused-ring (bicyclic) bond motifs is 1. The molecule has 0 aliphatic carbocycles. The number of carbonyl (C=O) groups excluding carboxylic acids is 1. The van der Waals surface area contributed by atoms with E-state index < -0.39 is 16.1 Å². The summed E-state index contributed by atoms with van der Waals surface area (Å²) in [7, 11) is -1.83. The molecule has 2 aromatic carbocycles. The number of likely N-dealkylation sites (N-methyl/N-ethyl adjacent to an activating group) is 1. The van der Waals surface area contributed by atoms with E-state index in [-0.39, 0.29) is 46.8 Å². The van der Waals surface area contributed by atoms with Gasteiger partial charge in [-0.2, -0.15) is 0 Å². The Morgan fingerprint density at radius 3 is 2.53 bits per heavy atom. The van der Waals surface area contributed by atoms with Gasteiger partial charge < -0.3 is 19.5 Å². The van der Waals surface area contributed by atoms with Crippen molar-refractivity contribution in [2.45, 2.75) is 69.7 Å². The average molecular weight is 639 g/mol. The highest BCUT2D eigenvalue weighted by atomic mass is 32.2. The Morgan fingerprint density at radius 2 is 1.82 bits per heavy atom. The summed E-state index contributed by atoms with van der Waals surface area (Å²) in [5.41, 5.74) is 1.62. The molecule has 45 heavy (non-hydrogen) atoms. The number of aromatic nitrogens is 1. The number of hydrogen-bond donors (Lipinski definition) is 2. The number of anilines is 1. The van der Waals surface area contributed by atoms with E-state index in [1.807, 2.05) is 26.1 Å². The first-order valence-corrected chi connectivity index (χ1v) is 17.0. The predicted octanol–water partition coefficient (Wildman–Crippen LogP) is 4.81. The monoisotopic (exact) mass is 638 g/mol. The number of hydrogen-bond acceptors (Lipinski definition) is 8. The van der Waals surface area contributed by atoms with Crippen LogP contribution in [-0.2, 0) is 21.3 Å². The van der Waals surface area contributed by atoms with E-state index in [2.05, 4.69) is 21.5 Å². The minimum Gasteiger partial charge on any atom is -0.490 e. The predicted molar refractivity (Wildman–Crippen MR) is 175 cm³/mol. The second-order valence-corrected chi connectivity index (χ2v) is 13.7. The lowest BCUT2D eigenvalue weighted by molar-refractivity contribution is -0.0177. The zero-order valence-electron chi connectivity index (χ0n) is 26.6. The van der Waals surface area contributed by atoms with Gasteiger partial charge in [0.1, 0.15) is 5.75 Å². The number of carbonyl (C=O) groups is 1. The maximum atomic E-state index is 14.3. The second kappa shape index (κ2) is 16.2. The van der Waals surface area contributed by atoms with Crippen molar-refractivity contribution in [3.05, 3.63) is 84.2 Å². The lowest BCUT2D eigenvalue weighted by Gasteiger charge is -2.36. The fourth-order valence-corrected chi connectivity index (χ4v) is 6.50. The minimum atomic E-state index is -3.88. The Morgan fingerprint density at radius 1 is 1.09 bits per heavy atom. The zero-order valence-corrected chi connectivity index (χ0v) is 27.4. The van der Waals surface area contributed by atoms with Crippen LogP contribution in [-0.4, -0.2) is 85.8 Å². The topological polar surface area (TPSA) is 121 Å². The first-order chi connectivity index (χ1) is 21.6. The maximum absolute atomic E-state index is 14.3. The lowest BCUT2D eigenvalue weighted by Crippen LogP contribution is -2.47. The van der Waals surface area contributed by atoms with Crippen molar-refractivity contribution in [3.63, 3.8) is 0 Å². The summed E-state index contributed by atoms with van der Waals surface area (Å²) in [6.07, 6.45) is 5.73. The summed E-state index contributed by atoms with van der Waals surface area (Å²) < 4.78 is 41.5. The first kappa shape index (κ1) is 34.4. The van der Waals surface area contributed by atoms with Crippen LogP contribution in [0.2, 0.25) is 0 Å². The number of sulfonamides is 1. The zero-order chi connectivity index (χ0) is 32.4. The van der Waals surface area contributed by atoms with E-state index in [4.69, 9.17) is 9.47 Å². The molecule has 4 rings (SSSR count). The quantitative estimate of drug-likeness (QED) is 0.343. The SMILES string of the molecule is C[C@@H]1CCCCO[C@@H](CN(C)Cc2ccncc2)[C@H](C)CN([C@@H](C)CO)C(=O)c2cc(NS(=O)(=O)c3ccccc3)ccc2O1. The molecule has 1 aromatic heterocycles. The number of nitrogens with one attached hydrogen (secondary N) is 1. The molecular formula is C34H46N4O6S. The molecule has 0 spiro atoms. The summed E-state index contributed by atoms with van der Waals surface area (Å²) in [4.78, 5) is 22.4. The van der Waals surface area contributed by atoms with Crippen LogP contribution < -0.4 is 9.46 Å². The van der Waals surface area contributed by atoms with Gasteiger partial charge in [0, 0.05) is 50.2 Å².